The first-order valence-corrected chi connectivity index (χ1v) is 10.5. The number of rotatable bonds is 5. The molecule has 1 N–H and O–H groups in total. The Morgan fingerprint density at radius 2 is 1.85 bits per heavy atom. The molecule has 2 atom stereocenters. The van der Waals surface area contributed by atoms with Gasteiger partial charge in [-0.05, 0) is 43.9 Å². The number of amides is 1. The van der Waals surface area contributed by atoms with Crippen LogP contribution in [0.25, 0.3) is 0 Å². The van der Waals surface area contributed by atoms with Crippen molar-refractivity contribution in [2.24, 2.45) is 5.41 Å². The molecule has 1 amide bonds. The lowest BCUT2D eigenvalue weighted by atomic mass is 9.92. The van der Waals surface area contributed by atoms with E-state index in [0.717, 1.165) is 6.42 Å². The summed E-state index contributed by atoms with van der Waals surface area (Å²) in [7, 11) is -3.65. The molecule has 1 fully saturated rings. The SMILES string of the molecule is CC1CN(S(=O)(=O)c2cccc(C(=O)NCCC(C)(C)C)c2)CC(C)O1. The number of carbonyl (C=O) groups is 1. The molecule has 1 heterocycles. The highest BCUT2D eigenvalue weighted by atomic mass is 32.2. The van der Waals surface area contributed by atoms with Crippen LogP contribution in [0.4, 0.5) is 0 Å². The zero-order chi connectivity index (χ0) is 19.5. The first-order valence-electron chi connectivity index (χ1n) is 9.03. The van der Waals surface area contributed by atoms with E-state index in [1.54, 1.807) is 12.1 Å². The van der Waals surface area contributed by atoms with E-state index >= 15 is 0 Å². The van der Waals surface area contributed by atoms with Gasteiger partial charge < -0.3 is 10.1 Å². The summed E-state index contributed by atoms with van der Waals surface area (Å²) in [5.74, 6) is -0.255. The first-order chi connectivity index (χ1) is 12.0. The highest BCUT2D eigenvalue weighted by molar-refractivity contribution is 7.89. The highest BCUT2D eigenvalue weighted by Gasteiger charge is 2.32. The maximum Gasteiger partial charge on any atom is 0.251 e. The smallest absolute Gasteiger partial charge is 0.251 e. The molecule has 1 saturated heterocycles. The van der Waals surface area contributed by atoms with Crippen LogP contribution < -0.4 is 5.32 Å². The molecule has 0 saturated carbocycles. The van der Waals surface area contributed by atoms with Crippen molar-refractivity contribution in [3.8, 4) is 0 Å². The second kappa shape index (κ2) is 8.06. The number of carbonyl (C=O) groups excluding carboxylic acids is 1. The van der Waals surface area contributed by atoms with Gasteiger partial charge in [-0.1, -0.05) is 26.8 Å². The number of ether oxygens (including phenoxy) is 1. The van der Waals surface area contributed by atoms with Crippen molar-refractivity contribution in [3.63, 3.8) is 0 Å². The summed E-state index contributed by atoms with van der Waals surface area (Å²) < 4.78 is 32.9. The third kappa shape index (κ3) is 5.53. The van der Waals surface area contributed by atoms with E-state index in [-0.39, 0.29) is 28.4 Å². The quantitative estimate of drug-likeness (QED) is 0.849. The van der Waals surface area contributed by atoms with Crippen LogP contribution in [0, 0.1) is 5.41 Å². The molecular weight excluding hydrogens is 352 g/mol. The molecule has 2 rings (SSSR count). The van der Waals surface area contributed by atoms with Gasteiger partial charge in [0.1, 0.15) is 0 Å². The van der Waals surface area contributed by atoms with Crippen molar-refractivity contribution in [1.82, 2.24) is 9.62 Å². The van der Waals surface area contributed by atoms with E-state index in [9.17, 15) is 13.2 Å². The predicted molar refractivity (Wildman–Crippen MR) is 102 cm³/mol. The normalized spacial score (nSPS) is 22.2. The van der Waals surface area contributed by atoms with Crippen LogP contribution in [0.5, 0.6) is 0 Å². The molecule has 0 bridgehead atoms. The van der Waals surface area contributed by atoms with Crippen LogP contribution in [-0.2, 0) is 14.8 Å². The van der Waals surface area contributed by atoms with Crippen molar-refractivity contribution in [3.05, 3.63) is 29.8 Å². The summed E-state index contributed by atoms with van der Waals surface area (Å²) in [6, 6.07) is 6.23. The average Bonchev–Trinajstić information content (AvgIpc) is 2.52. The Labute approximate surface area is 157 Å². The lowest BCUT2D eigenvalue weighted by Gasteiger charge is -2.34. The van der Waals surface area contributed by atoms with Gasteiger partial charge in [-0.25, -0.2) is 8.42 Å². The molecule has 0 radical (unpaired) electrons. The molecule has 26 heavy (non-hydrogen) atoms. The Balaban J connectivity index is 2.13. The average molecular weight is 383 g/mol. The number of morpholine rings is 1. The Hall–Kier alpha value is -1.44. The maximum absolute atomic E-state index is 12.9. The summed E-state index contributed by atoms with van der Waals surface area (Å²) in [4.78, 5) is 12.5. The van der Waals surface area contributed by atoms with Gasteiger partial charge in [0.25, 0.3) is 5.91 Å². The van der Waals surface area contributed by atoms with Crippen LogP contribution in [0.15, 0.2) is 29.2 Å². The van der Waals surface area contributed by atoms with Crippen molar-refractivity contribution < 1.29 is 17.9 Å². The van der Waals surface area contributed by atoms with Gasteiger partial charge >= 0.3 is 0 Å². The third-order valence-electron chi connectivity index (χ3n) is 4.28. The van der Waals surface area contributed by atoms with Crippen LogP contribution in [-0.4, -0.2) is 50.5 Å². The van der Waals surface area contributed by atoms with Crippen LogP contribution in [0.2, 0.25) is 0 Å². The molecule has 0 aliphatic carbocycles. The summed E-state index contributed by atoms with van der Waals surface area (Å²) in [5.41, 5.74) is 0.483. The number of hydrogen-bond acceptors (Lipinski definition) is 4. The minimum atomic E-state index is -3.65. The van der Waals surface area contributed by atoms with E-state index in [4.69, 9.17) is 4.74 Å². The van der Waals surface area contributed by atoms with Gasteiger partial charge in [-0.2, -0.15) is 4.31 Å². The fourth-order valence-corrected chi connectivity index (χ4v) is 4.56. The zero-order valence-corrected chi connectivity index (χ0v) is 17.1. The van der Waals surface area contributed by atoms with Gasteiger partial charge in [0.15, 0.2) is 0 Å². The monoisotopic (exact) mass is 382 g/mol. The van der Waals surface area contributed by atoms with Gasteiger partial charge in [0.2, 0.25) is 10.0 Å². The number of sulfonamides is 1. The van der Waals surface area contributed by atoms with Gasteiger partial charge in [-0.3, -0.25) is 4.79 Å². The van der Waals surface area contributed by atoms with E-state index in [1.165, 1.54) is 16.4 Å². The topological polar surface area (TPSA) is 75.7 Å². The van der Waals surface area contributed by atoms with Crippen LogP contribution >= 0.6 is 0 Å². The highest BCUT2D eigenvalue weighted by Crippen LogP contribution is 2.22. The maximum atomic E-state index is 12.9. The Kier molecular flexibility index (Phi) is 6.47. The zero-order valence-electron chi connectivity index (χ0n) is 16.3. The minimum absolute atomic E-state index is 0.127. The van der Waals surface area contributed by atoms with E-state index in [0.29, 0.717) is 25.2 Å². The summed E-state index contributed by atoms with van der Waals surface area (Å²) in [6.07, 6.45) is 0.537. The molecule has 0 aromatic heterocycles. The molecule has 1 aromatic rings. The Morgan fingerprint density at radius 3 is 2.42 bits per heavy atom. The lowest BCUT2D eigenvalue weighted by Crippen LogP contribution is -2.48. The van der Waals surface area contributed by atoms with Gasteiger partial charge in [0.05, 0.1) is 17.1 Å². The standard InChI is InChI=1S/C19H30N2O4S/c1-14-12-21(13-15(2)25-14)26(23,24)17-8-6-7-16(11-17)18(22)20-10-9-19(3,4)5/h6-8,11,14-15H,9-10,12-13H2,1-5H3,(H,20,22). The molecule has 7 heteroatoms. The Morgan fingerprint density at radius 1 is 1.23 bits per heavy atom. The molecule has 146 valence electrons. The Bertz CT molecular complexity index is 730. The predicted octanol–water partition coefficient (Wildman–Crippen LogP) is 2.65. The second-order valence-electron chi connectivity index (χ2n) is 8.17. The molecule has 0 spiro atoms. The van der Waals surface area contributed by atoms with E-state index < -0.39 is 10.0 Å². The van der Waals surface area contributed by atoms with Crippen molar-refractivity contribution in [2.75, 3.05) is 19.6 Å². The molecule has 1 aliphatic rings. The number of hydrogen-bond donors (Lipinski definition) is 1. The third-order valence-corrected chi connectivity index (χ3v) is 6.11. The summed E-state index contributed by atoms with van der Waals surface area (Å²) in [5, 5.41) is 2.86. The number of nitrogens with one attached hydrogen (secondary N) is 1. The molecule has 2 unspecified atom stereocenters. The van der Waals surface area contributed by atoms with E-state index in [1.807, 2.05) is 13.8 Å². The van der Waals surface area contributed by atoms with Crippen molar-refractivity contribution in [2.45, 2.75) is 58.1 Å². The summed E-state index contributed by atoms with van der Waals surface area (Å²) in [6.45, 7) is 11.2. The fraction of sp³-hybridized carbons (Fsp3) is 0.632. The molecular formula is C19H30N2O4S. The number of nitrogens with zero attached hydrogens (tertiary/aromatic N) is 1. The van der Waals surface area contributed by atoms with Crippen LogP contribution in [0.3, 0.4) is 0 Å². The first kappa shape index (κ1) is 20.9. The largest absolute Gasteiger partial charge is 0.373 e. The molecule has 6 nitrogen and oxygen atoms in total. The molecule has 1 aliphatic heterocycles. The van der Waals surface area contributed by atoms with Crippen molar-refractivity contribution >= 4 is 15.9 Å². The van der Waals surface area contributed by atoms with Crippen LogP contribution in [0.1, 0.15) is 51.4 Å². The van der Waals surface area contributed by atoms with E-state index in [2.05, 4.69) is 26.1 Å². The second-order valence-corrected chi connectivity index (χ2v) is 10.1. The lowest BCUT2D eigenvalue weighted by molar-refractivity contribution is -0.0440. The fourth-order valence-electron chi connectivity index (χ4n) is 2.93. The van der Waals surface area contributed by atoms with Gasteiger partial charge in [-0.15, -0.1) is 0 Å². The minimum Gasteiger partial charge on any atom is -0.373 e. The summed E-state index contributed by atoms with van der Waals surface area (Å²) >= 11 is 0. The number of benzene rings is 1. The van der Waals surface area contributed by atoms with Crippen molar-refractivity contribution in [1.29, 1.82) is 0 Å². The van der Waals surface area contributed by atoms with Gasteiger partial charge in [0, 0.05) is 25.2 Å². The molecule has 1 aromatic carbocycles.